The third-order valence-electron chi connectivity index (χ3n) is 2.12. The molecule has 1 nitrogen and oxygen atoms in total. The molecule has 0 aliphatic heterocycles. The Morgan fingerprint density at radius 1 is 1.29 bits per heavy atom. The monoisotopic (exact) mass is 305 g/mol. The van der Waals surface area contributed by atoms with Crippen molar-refractivity contribution in [3.05, 3.63) is 39.2 Å². The quantitative estimate of drug-likeness (QED) is 0.680. The van der Waals surface area contributed by atoms with Gasteiger partial charge in [0.2, 0.25) is 0 Å². The van der Waals surface area contributed by atoms with E-state index in [2.05, 4.69) is 4.98 Å². The molecule has 0 N–H and O–H groups in total. The van der Waals surface area contributed by atoms with Gasteiger partial charge in [-0.05, 0) is 35.6 Å². The number of halogens is 3. The number of fused-ring (bicyclic) bond motifs is 1. The van der Waals surface area contributed by atoms with Gasteiger partial charge in [-0.15, -0.1) is 0 Å². The van der Waals surface area contributed by atoms with Crippen LogP contribution in [0.4, 0.5) is 8.78 Å². The van der Waals surface area contributed by atoms with Crippen LogP contribution in [0.2, 0.25) is 0 Å². The van der Waals surface area contributed by atoms with E-state index in [-0.39, 0.29) is 5.56 Å². The number of rotatable bonds is 0. The van der Waals surface area contributed by atoms with Crippen LogP contribution in [0.25, 0.3) is 10.8 Å². The standard InChI is InChI=1S/C10H6F2IN/c1-5-7(11)2-6-3-14-4-8(13)9(6)10(5)12/h2-4H,1H3. The largest absolute Gasteiger partial charge is 0.263 e. The number of hydrogen-bond acceptors (Lipinski definition) is 1. The molecule has 2 aromatic rings. The van der Waals surface area contributed by atoms with Crippen LogP contribution in [0.3, 0.4) is 0 Å². The summed E-state index contributed by atoms with van der Waals surface area (Å²) in [4.78, 5) is 3.88. The van der Waals surface area contributed by atoms with Crippen molar-refractivity contribution in [2.75, 3.05) is 0 Å². The van der Waals surface area contributed by atoms with E-state index in [9.17, 15) is 8.78 Å². The van der Waals surface area contributed by atoms with Crippen LogP contribution in [0.15, 0.2) is 18.5 Å². The molecule has 0 saturated carbocycles. The summed E-state index contributed by atoms with van der Waals surface area (Å²) in [6.45, 7) is 1.43. The van der Waals surface area contributed by atoms with E-state index in [1.54, 1.807) is 6.20 Å². The summed E-state index contributed by atoms with van der Waals surface area (Å²) in [5.41, 5.74) is 0.0571. The fourth-order valence-electron chi connectivity index (χ4n) is 1.33. The fraction of sp³-hybridized carbons (Fsp3) is 0.100. The minimum absolute atomic E-state index is 0.0571. The molecule has 0 aliphatic rings. The highest BCUT2D eigenvalue weighted by molar-refractivity contribution is 14.1. The van der Waals surface area contributed by atoms with Gasteiger partial charge in [-0.3, -0.25) is 4.98 Å². The van der Waals surface area contributed by atoms with Gasteiger partial charge in [-0.2, -0.15) is 0 Å². The predicted octanol–water partition coefficient (Wildman–Crippen LogP) is 3.43. The lowest BCUT2D eigenvalue weighted by atomic mass is 10.1. The van der Waals surface area contributed by atoms with Gasteiger partial charge < -0.3 is 0 Å². The second-order valence-corrected chi connectivity index (χ2v) is 4.18. The molecule has 14 heavy (non-hydrogen) atoms. The van der Waals surface area contributed by atoms with Crippen LogP contribution in [-0.2, 0) is 0 Å². The highest BCUT2D eigenvalue weighted by Crippen LogP contribution is 2.26. The molecule has 0 amide bonds. The molecule has 0 radical (unpaired) electrons. The Kier molecular flexibility index (Phi) is 2.38. The molecule has 0 atom stereocenters. The Morgan fingerprint density at radius 3 is 2.71 bits per heavy atom. The second-order valence-electron chi connectivity index (χ2n) is 3.02. The first kappa shape index (κ1) is 9.76. The Hall–Kier alpha value is -0.780. The maximum Gasteiger partial charge on any atom is 0.138 e. The van der Waals surface area contributed by atoms with Crippen molar-refractivity contribution in [3.8, 4) is 0 Å². The summed E-state index contributed by atoms with van der Waals surface area (Å²) in [7, 11) is 0. The zero-order valence-electron chi connectivity index (χ0n) is 7.31. The molecule has 0 saturated heterocycles. The van der Waals surface area contributed by atoms with Gasteiger partial charge in [0.05, 0.1) is 0 Å². The highest BCUT2D eigenvalue weighted by atomic mass is 127. The van der Waals surface area contributed by atoms with Gasteiger partial charge in [-0.25, -0.2) is 8.78 Å². The summed E-state index contributed by atoms with van der Waals surface area (Å²) in [5.74, 6) is -1.02. The maximum absolute atomic E-state index is 13.6. The molecule has 72 valence electrons. The molecular formula is C10H6F2IN. The normalized spacial score (nSPS) is 10.9. The van der Waals surface area contributed by atoms with Gasteiger partial charge >= 0.3 is 0 Å². The van der Waals surface area contributed by atoms with E-state index in [0.29, 0.717) is 14.3 Å². The molecule has 1 aromatic heterocycles. The minimum atomic E-state index is -0.529. The van der Waals surface area contributed by atoms with Crippen LogP contribution in [-0.4, -0.2) is 4.98 Å². The summed E-state index contributed by atoms with van der Waals surface area (Å²) in [6, 6.07) is 1.31. The topological polar surface area (TPSA) is 12.9 Å². The Balaban J connectivity index is 2.99. The second kappa shape index (κ2) is 3.42. The molecule has 4 heteroatoms. The SMILES string of the molecule is Cc1c(F)cc2cncc(I)c2c1F. The first-order chi connectivity index (χ1) is 6.61. The van der Waals surface area contributed by atoms with E-state index in [1.165, 1.54) is 19.2 Å². The molecule has 0 aliphatic carbocycles. The number of benzene rings is 1. The lowest BCUT2D eigenvalue weighted by molar-refractivity contribution is 0.576. The van der Waals surface area contributed by atoms with Gasteiger partial charge in [-0.1, -0.05) is 0 Å². The average molecular weight is 305 g/mol. The zero-order valence-corrected chi connectivity index (χ0v) is 9.47. The predicted molar refractivity (Wildman–Crippen MR) is 59.1 cm³/mol. The molecule has 0 spiro atoms. The Morgan fingerprint density at radius 2 is 2.00 bits per heavy atom. The number of nitrogens with zero attached hydrogens (tertiary/aromatic N) is 1. The first-order valence-corrected chi connectivity index (χ1v) is 5.07. The van der Waals surface area contributed by atoms with E-state index in [1.807, 2.05) is 22.6 Å². The number of pyridine rings is 1. The van der Waals surface area contributed by atoms with Crippen LogP contribution in [0.5, 0.6) is 0 Å². The first-order valence-electron chi connectivity index (χ1n) is 3.99. The summed E-state index contributed by atoms with van der Waals surface area (Å²) >= 11 is 1.99. The van der Waals surface area contributed by atoms with Crippen molar-refractivity contribution in [3.63, 3.8) is 0 Å². The van der Waals surface area contributed by atoms with Crippen molar-refractivity contribution < 1.29 is 8.78 Å². The van der Waals surface area contributed by atoms with Gasteiger partial charge in [0.25, 0.3) is 0 Å². The van der Waals surface area contributed by atoms with Crippen LogP contribution in [0, 0.1) is 22.1 Å². The summed E-state index contributed by atoms with van der Waals surface area (Å²) in [5, 5.41) is 0.942. The molecule has 0 unspecified atom stereocenters. The average Bonchev–Trinajstić information content (AvgIpc) is 2.14. The maximum atomic E-state index is 13.6. The molecule has 0 bridgehead atoms. The fourth-order valence-corrected chi connectivity index (χ4v) is 2.04. The van der Waals surface area contributed by atoms with Gasteiger partial charge in [0.15, 0.2) is 0 Å². The van der Waals surface area contributed by atoms with Crippen molar-refractivity contribution in [2.45, 2.75) is 6.92 Å². The third-order valence-corrected chi connectivity index (χ3v) is 2.94. The number of hydrogen-bond donors (Lipinski definition) is 0. The van der Waals surface area contributed by atoms with Crippen molar-refractivity contribution in [1.29, 1.82) is 0 Å². The molecule has 2 rings (SSSR count). The van der Waals surface area contributed by atoms with Gasteiger partial charge in [0, 0.05) is 32.3 Å². The molecular weight excluding hydrogens is 299 g/mol. The van der Waals surface area contributed by atoms with Crippen LogP contribution >= 0.6 is 22.6 Å². The van der Waals surface area contributed by atoms with E-state index in [4.69, 9.17) is 0 Å². The van der Waals surface area contributed by atoms with Crippen molar-refractivity contribution in [2.24, 2.45) is 0 Å². The highest BCUT2D eigenvalue weighted by Gasteiger charge is 2.11. The smallest absolute Gasteiger partial charge is 0.138 e. The van der Waals surface area contributed by atoms with Crippen molar-refractivity contribution >= 4 is 33.4 Å². The van der Waals surface area contributed by atoms with Gasteiger partial charge in [0.1, 0.15) is 11.6 Å². The zero-order chi connectivity index (χ0) is 10.3. The summed E-state index contributed by atoms with van der Waals surface area (Å²) < 4.78 is 27.5. The third kappa shape index (κ3) is 1.37. The Bertz CT molecular complexity index is 511. The van der Waals surface area contributed by atoms with Crippen LogP contribution in [0.1, 0.15) is 5.56 Å². The number of aromatic nitrogens is 1. The van der Waals surface area contributed by atoms with E-state index >= 15 is 0 Å². The lowest BCUT2D eigenvalue weighted by Crippen LogP contribution is -1.93. The summed E-state index contributed by atoms with van der Waals surface area (Å²) in [6.07, 6.45) is 3.02. The van der Waals surface area contributed by atoms with Crippen molar-refractivity contribution in [1.82, 2.24) is 4.98 Å². The lowest BCUT2D eigenvalue weighted by Gasteiger charge is -2.05. The Labute approximate surface area is 93.3 Å². The van der Waals surface area contributed by atoms with E-state index < -0.39 is 11.6 Å². The van der Waals surface area contributed by atoms with Crippen LogP contribution < -0.4 is 0 Å². The molecule has 1 aromatic carbocycles. The molecule has 1 heterocycles. The van der Waals surface area contributed by atoms with E-state index in [0.717, 1.165) is 0 Å². The molecule has 0 fully saturated rings. The minimum Gasteiger partial charge on any atom is -0.263 e.